The summed E-state index contributed by atoms with van der Waals surface area (Å²) in [6.45, 7) is 7.04. The topological polar surface area (TPSA) is 62.6 Å². The van der Waals surface area contributed by atoms with Crippen molar-refractivity contribution in [1.29, 1.82) is 0 Å². The fraction of sp³-hybridized carbons (Fsp3) is 0.750. The normalized spacial score (nSPS) is 23.0. The van der Waals surface area contributed by atoms with Gasteiger partial charge in [0.15, 0.2) is 0 Å². The van der Waals surface area contributed by atoms with Crippen LogP contribution in [0.25, 0.3) is 0 Å². The summed E-state index contributed by atoms with van der Waals surface area (Å²) in [5.41, 5.74) is 1.03. The van der Waals surface area contributed by atoms with Crippen LogP contribution in [0.5, 0.6) is 0 Å². The highest BCUT2D eigenvalue weighted by molar-refractivity contribution is 5.74. The van der Waals surface area contributed by atoms with Gasteiger partial charge in [0.25, 0.3) is 0 Å². The van der Waals surface area contributed by atoms with Crippen molar-refractivity contribution in [3.8, 4) is 0 Å². The molecule has 1 aromatic heterocycles. The van der Waals surface area contributed by atoms with Gasteiger partial charge in [0.2, 0.25) is 0 Å². The van der Waals surface area contributed by atoms with Gasteiger partial charge in [-0.2, -0.15) is 5.10 Å². The van der Waals surface area contributed by atoms with E-state index in [0.29, 0.717) is 12.5 Å². The number of ether oxygens (including phenoxy) is 1. The SMILES string of the molecule is Cn1cc(CNC(=O)N2CCC[C@H](CN3CCOCC3)C2)cn1. The summed E-state index contributed by atoms with van der Waals surface area (Å²) in [4.78, 5) is 16.8. The van der Waals surface area contributed by atoms with E-state index in [1.54, 1.807) is 10.9 Å². The maximum atomic E-state index is 12.4. The number of piperidine rings is 1. The van der Waals surface area contributed by atoms with Crippen molar-refractivity contribution in [1.82, 2.24) is 24.9 Å². The van der Waals surface area contributed by atoms with Crippen LogP contribution in [-0.4, -0.2) is 71.5 Å². The second kappa shape index (κ2) is 7.79. The zero-order valence-electron chi connectivity index (χ0n) is 13.9. The Labute approximate surface area is 137 Å². The van der Waals surface area contributed by atoms with Gasteiger partial charge in [-0.3, -0.25) is 9.58 Å². The van der Waals surface area contributed by atoms with Crippen molar-refractivity contribution in [2.75, 3.05) is 45.9 Å². The number of nitrogens with one attached hydrogen (secondary N) is 1. The Kier molecular flexibility index (Phi) is 5.51. The van der Waals surface area contributed by atoms with Gasteiger partial charge in [0.1, 0.15) is 0 Å². The maximum Gasteiger partial charge on any atom is 0.317 e. The lowest BCUT2D eigenvalue weighted by atomic mass is 9.97. The molecule has 1 atom stereocenters. The average molecular weight is 321 g/mol. The molecule has 1 aromatic rings. The number of urea groups is 1. The molecular formula is C16H27N5O2. The van der Waals surface area contributed by atoms with Gasteiger partial charge in [-0.05, 0) is 18.8 Å². The molecule has 23 heavy (non-hydrogen) atoms. The molecule has 0 aliphatic carbocycles. The number of aromatic nitrogens is 2. The van der Waals surface area contributed by atoms with Gasteiger partial charge in [-0.15, -0.1) is 0 Å². The number of amides is 2. The van der Waals surface area contributed by atoms with Crippen molar-refractivity contribution in [2.45, 2.75) is 19.4 Å². The summed E-state index contributed by atoms with van der Waals surface area (Å²) in [7, 11) is 1.88. The Hall–Kier alpha value is -1.60. The molecule has 2 aliphatic heterocycles. The Morgan fingerprint density at radius 3 is 2.96 bits per heavy atom. The number of carbonyl (C=O) groups excluding carboxylic acids is 1. The van der Waals surface area contributed by atoms with Crippen molar-refractivity contribution in [3.05, 3.63) is 18.0 Å². The molecule has 7 nitrogen and oxygen atoms in total. The molecule has 0 spiro atoms. The minimum absolute atomic E-state index is 0.0422. The van der Waals surface area contributed by atoms with Crippen LogP contribution in [0.3, 0.4) is 0 Å². The van der Waals surface area contributed by atoms with Crippen LogP contribution in [0, 0.1) is 5.92 Å². The smallest absolute Gasteiger partial charge is 0.317 e. The van der Waals surface area contributed by atoms with Gasteiger partial charge >= 0.3 is 6.03 Å². The minimum Gasteiger partial charge on any atom is -0.379 e. The van der Waals surface area contributed by atoms with Crippen LogP contribution in [0.15, 0.2) is 12.4 Å². The predicted octanol–water partition coefficient (Wildman–Crippen LogP) is 0.674. The highest BCUT2D eigenvalue weighted by atomic mass is 16.5. The quantitative estimate of drug-likeness (QED) is 0.885. The highest BCUT2D eigenvalue weighted by Gasteiger charge is 2.25. The number of likely N-dealkylation sites (tertiary alicyclic amines) is 1. The van der Waals surface area contributed by atoms with E-state index in [9.17, 15) is 4.79 Å². The van der Waals surface area contributed by atoms with Gasteiger partial charge in [0, 0.05) is 58.1 Å². The van der Waals surface area contributed by atoms with E-state index in [1.807, 2.05) is 18.1 Å². The van der Waals surface area contributed by atoms with Gasteiger partial charge in [0.05, 0.1) is 19.4 Å². The van der Waals surface area contributed by atoms with Crippen molar-refractivity contribution in [3.63, 3.8) is 0 Å². The number of hydrogen-bond donors (Lipinski definition) is 1. The van der Waals surface area contributed by atoms with Crippen molar-refractivity contribution < 1.29 is 9.53 Å². The average Bonchev–Trinajstić information content (AvgIpc) is 2.99. The lowest BCUT2D eigenvalue weighted by molar-refractivity contribution is 0.0249. The summed E-state index contributed by atoms with van der Waals surface area (Å²) in [5.74, 6) is 0.575. The number of rotatable bonds is 4. The first-order valence-electron chi connectivity index (χ1n) is 8.51. The van der Waals surface area contributed by atoms with E-state index in [2.05, 4.69) is 15.3 Å². The van der Waals surface area contributed by atoms with E-state index >= 15 is 0 Å². The molecule has 0 radical (unpaired) electrons. The van der Waals surface area contributed by atoms with Crippen LogP contribution < -0.4 is 5.32 Å². The maximum absolute atomic E-state index is 12.4. The summed E-state index contributed by atoms with van der Waals surface area (Å²) in [6, 6.07) is 0.0422. The lowest BCUT2D eigenvalue weighted by Gasteiger charge is -2.36. The van der Waals surface area contributed by atoms with E-state index < -0.39 is 0 Å². The fourth-order valence-electron chi connectivity index (χ4n) is 3.40. The Bertz CT molecular complexity index is 512. The molecule has 0 bridgehead atoms. The number of carbonyl (C=O) groups is 1. The van der Waals surface area contributed by atoms with E-state index in [-0.39, 0.29) is 6.03 Å². The zero-order valence-corrected chi connectivity index (χ0v) is 13.9. The Morgan fingerprint density at radius 2 is 2.22 bits per heavy atom. The molecule has 2 saturated heterocycles. The lowest BCUT2D eigenvalue weighted by Crippen LogP contribution is -2.48. The van der Waals surface area contributed by atoms with Gasteiger partial charge in [-0.25, -0.2) is 4.79 Å². The fourth-order valence-corrected chi connectivity index (χ4v) is 3.40. The molecular weight excluding hydrogens is 294 g/mol. The minimum atomic E-state index is 0.0422. The molecule has 2 amide bonds. The third-order valence-corrected chi connectivity index (χ3v) is 4.63. The van der Waals surface area contributed by atoms with Crippen molar-refractivity contribution in [2.24, 2.45) is 13.0 Å². The van der Waals surface area contributed by atoms with Crippen LogP contribution in [0.1, 0.15) is 18.4 Å². The standard InChI is InChI=1S/C16H27N5O2/c1-19-11-15(10-18-19)9-17-16(22)21-4-2-3-14(13-21)12-20-5-7-23-8-6-20/h10-11,14H,2-9,12-13H2,1H3,(H,17,22)/t14-/m1/s1. The molecule has 3 heterocycles. The van der Waals surface area contributed by atoms with E-state index in [4.69, 9.17) is 4.74 Å². The third-order valence-electron chi connectivity index (χ3n) is 4.63. The van der Waals surface area contributed by atoms with E-state index in [1.165, 1.54) is 6.42 Å². The summed E-state index contributed by atoms with van der Waals surface area (Å²) in [6.07, 6.45) is 6.02. The first-order chi connectivity index (χ1) is 11.2. The summed E-state index contributed by atoms with van der Waals surface area (Å²) >= 11 is 0. The highest BCUT2D eigenvalue weighted by Crippen LogP contribution is 2.18. The second-order valence-corrected chi connectivity index (χ2v) is 6.55. The molecule has 1 N–H and O–H groups in total. The number of nitrogens with zero attached hydrogens (tertiary/aromatic N) is 4. The first kappa shape index (κ1) is 16.3. The van der Waals surface area contributed by atoms with E-state index in [0.717, 1.165) is 57.9 Å². The molecule has 7 heteroatoms. The van der Waals surface area contributed by atoms with Crippen LogP contribution in [0.4, 0.5) is 4.79 Å². The van der Waals surface area contributed by atoms with Crippen molar-refractivity contribution >= 4 is 6.03 Å². The number of hydrogen-bond acceptors (Lipinski definition) is 4. The van der Waals surface area contributed by atoms with Gasteiger partial charge in [-0.1, -0.05) is 0 Å². The first-order valence-corrected chi connectivity index (χ1v) is 8.51. The molecule has 2 fully saturated rings. The summed E-state index contributed by atoms with van der Waals surface area (Å²) < 4.78 is 7.15. The molecule has 2 aliphatic rings. The molecule has 3 rings (SSSR count). The van der Waals surface area contributed by atoms with Crippen LogP contribution in [-0.2, 0) is 18.3 Å². The van der Waals surface area contributed by atoms with Crippen LogP contribution in [0.2, 0.25) is 0 Å². The Balaban J connectivity index is 1.44. The van der Waals surface area contributed by atoms with Gasteiger partial charge < -0.3 is 15.0 Å². The molecule has 0 saturated carbocycles. The van der Waals surface area contributed by atoms with Crippen LogP contribution >= 0.6 is 0 Å². The number of morpholine rings is 1. The molecule has 0 unspecified atom stereocenters. The third kappa shape index (κ3) is 4.68. The monoisotopic (exact) mass is 321 g/mol. The zero-order chi connectivity index (χ0) is 16.1. The summed E-state index contributed by atoms with van der Waals surface area (Å²) in [5, 5.41) is 7.13. The number of aryl methyl sites for hydroxylation is 1. The molecule has 128 valence electrons. The molecule has 0 aromatic carbocycles. The predicted molar refractivity (Wildman–Crippen MR) is 87.0 cm³/mol. The Morgan fingerprint density at radius 1 is 1.39 bits per heavy atom. The largest absolute Gasteiger partial charge is 0.379 e. The second-order valence-electron chi connectivity index (χ2n) is 6.55.